The number of anilines is 1. The average molecular weight is 418 g/mol. The quantitative estimate of drug-likeness (QED) is 0.679. The van der Waals surface area contributed by atoms with Gasteiger partial charge in [-0.25, -0.2) is 8.42 Å². The van der Waals surface area contributed by atoms with Crippen molar-refractivity contribution in [2.24, 2.45) is 0 Å². The van der Waals surface area contributed by atoms with Crippen LogP contribution in [0, 0.1) is 6.92 Å². The van der Waals surface area contributed by atoms with Crippen LogP contribution < -0.4 is 5.32 Å². The smallest absolute Gasteiger partial charge is 0.255 e. The van der Waals surface area contributed by atoms with Gasteiger partial charge in [-0.05, 0) is 62.8 Å². The molecule has 0 unspecified atom stereocenters. The Bertz CT molecular complexity index is 934. The molecule has 0 aliphatic rings. The predicted molar refractivity (Wildman–Crippen MR) is 118 cm³/mol. The summed E-state index contributed by atoms with van der Waals surface area (Å²) in [5.41, 5.74) is 2.96. The maximum Gasteiger partial charge on any atom is 0.255 e. The summed E-state index contributed by atoms with van der Waals surface area (Å²) in [6.07, 6.45) is 0.936. The van der Waals surface area contributed by atoms with E-state index in [4.69, 9.17) is 0 Å². The van der Waals surface area contributed by atoms with Crippen molar-refractivity contribution in [3.05, 3.63) is 59.2 Å². The summed E-state index contributed by atoms with van der Waals surface area (Å²) >= 11 is 0. The lowest BCUT2D eigenvalue weighted by Gasteiger charge is -2.19. The van der Waals surface area contributed by atoms with Crippen molar-refractivity contribution in [1.29, 1.82) is 0 Å². The van der Waals surface area contributed by atoms with Crippen LogP contribution in [0.25, 0.3) is 0 Å². The van der Waals surface area contributed by atoms with E-state index in [1.165, 1.54) is 15.9 Å². The van der Waals surface area contributed by atoms with Gasteiger partial charge in [-0.15, -0.1) is 0 Å². The van der Waals surface area contributed by atoms with Gasteiger partial charge in [0.05, 0.1) is 4.90 Å². The molecule has 29 heavy (non-hydrogen) atoms. The van der Waals surface area contributed by atoms with Gasteiger partial charge in [-0.3, -0.25) is 4.79 Å². The van der Waals surface area contributed by atoms with Gasteiger partial charge < -0.3 is 10.2 Å². The van der Waals surface area contributed by atoms with Crippen LogP contribution in [0.5, 0.6) is 0 Å². The topological polar surface area (TPSA) is 69.7 Å². The maximum absolute atomic E-state index is 12.8. The number of nitrogens with one attached hydrogen (secondary N) is 1. The van der Waals surface area contributed by atoms with Crippen molar-refractivity contribution in [1.82, 2.24) is 9.21 Å². The van der Waals surface area contributed by atoms with Gasteiger partial charge >= 0.3 is 0 Å². The van der Waals surface area contributed by atoms with Crippen molar-refractivity contribution < 1.29 is 13.2 Å². The Morgan fingerprint density at radius 2 is 1.62 bits per heavy atom. The molecule has 0 fully saturated rings. The number of carbonyl (C=O) groups excluding carboxylic acids is 1. The molecule has 1 N–H and O–H groups in total. The largest absolute Gasteiger partial charge is 0.322 e. The molecular weight excluding hydrogens is 386 g/mol. The normalized spacial score (nSPS) is 11.8. The molecule has 0 radical (unpaired) electrons. The lowest BCUT2D eigenvalue weighted by molar-refractivity contribution is 0.102. The van der Waals surface area contributed by atoms with Crippen LogP contribution >= 0.6 is 0 Å². The number of sulfonamides is 1. The Hall–Kier alpha value is -2.22. The molecule has 2 aromatic carbocycles. The Balaban J connectivity index is 2.21. The van der Waals surface area contributed by atoms with Crippen molar-refractivity contribution in [3.63, 3.8) is 0 Å². The summed E-state index contributed by atoms with van der Waals surface area (Å²) < 4.78 is 26.9. The molecule has 0 bridgehead atoms. The molecule has 6 nitrogen and oxygen atoms in total. The van der Waals surface area contributed by atoms with Gasteiger partial charge in [0.2, 0.25) is 10.0 Å². The van der Waals surface area contributed by atoms with Crippen LogP contribution in [0.15, 0.2) is 47.4 Å². The number of amides is 1. The molecule has 0 aromatic heterocycles. The zero-order valence-electron chi connectivity index (χ0n) is 17.9. The summed E-state index contributed by atoms with van der Waals surface area (Å²) in [4.78, 5) is 15.1. The summed E-state index contributed by atoms with van der Waals surface area (Å²) in [5.74, 6) is -0.319. The summed E-state index contributed by atoms with van der Waals surface area (Å²) in [7, 11) is 0.450. The van der Waals surface area contributed by atoms with Crippen molar-refractivity contribution in [2.75, 3.05) is 39.0 Å². The molecule has 2 aromatic rings. The molecule has 0 saturated carbocycles. The highest BCUT2D eigenvalue weighted by Gasteiger charge is 2.23. The first-order valence-corrected chi connectivity index (χ1v) is 11.3. The van der Waals surface area contributed by atoms with Crippen molar-refractivity contribution >= 4 is 21.6 Å². The second-order valence-corrected chi connectivity index (χ2v) is 9.21. The van der Waals surface area contributed by atoms with E-state index in [9.17, 15) is 13.2 Å². The highest BCUT2D eigenvalue weighted by atomic mass is 32.2. The summed E-state index contributed by atoms with van der Waals surface area (Å²) in [6.45, 7) is 7.12. The number of benzene rings is 2. The highest BCUT2D eigenvalue weighted by molar-refractivity contribution is 7.89. The summed E-state index contributed by atoms with van der Waals surface area (Å²) in [6, 6.07) is 12.4. The monoisotopic (exact) mass is 417 g/mol. The third-order valence-electron chi connectivity index (χ3n) is 4.86. The summed E-state index contributed by atoms with van der Waals surface area (Å²) in [5, 5.41) is 2.87. The number of hydrogen-bond acceptors (Lipinski definition) is 4. The molecule has 0 spiro atoms. The molecular formula is C22H31N3O3S. The van der Waals surface area contributed by atoms with Gasteiger partial charge in [0.15, 0.2) is 0 Å². The Labute approximate surface area is 174 Å². The second-order valence-electron chi connectivity index (χ2n) is 7.27. The van der Waals surface area contributed by atoms with Crippen LogP contribution in [0.2, 0.25) is 0 Å². The van der Waals surface area contributed by atoms with Gasteiger partial charge in [0.1, 0.15) is 0 Å². The van der Waals surface area contributed by atoms with Gasteiger partial charge in [0.25, 0.3) is 5.91 Å². The Kier molecular flexibility index (Phi) is 7.96. The fraction of sp³-hybridized carbons (Fsp3) is 0.409. The number of likely N-dealkylation sites (N-methyl/N-ethyl adjacent to an activating group) is 1. The van der Waals surface area contributed by atoms with Crippen molar-refractivity contribution in [3.8, 4) is 0 Å². The molecule has 0 aliphatic heterocycles. The number of rotatable bonds is 9. The van der Waals surface area contributed by atoms with Crippen LogP contribution in [0.1, 0.15) is 35.3 Å². The van der Waals surface area contributed by atoms with E-state index < -0.39 is 10.0 Å². The molecule has 0 aliphatic carbocycles. The van der Waals surface area contributed by atoms with E-state index in [0.717, 1.165) is 18.5 Å². The van der Waals surface area contributed by atoms with Crippen LogP contribution in [-0.2, 0) is 16.4 Å². The zero-order valence-corrected chi connectivity index (χ0v) is 18.7. The molecule has 1 amide bonds. The fourth-order valence-electron chi connectivity index (χ4n) is 3.02. The molecule has 158 valence electrons. The zero-order chi connectivity index (χ0) is 21.6. The predicted octanol–water partition coefficient (Wildman–Crippen LogP) is 3.38. The number of carbonyl (C=O) groups is 1. The highest BCUT2D eigenvalue weighted by Crippen LogP contribution is 2.21. The SMILES string of the molecule is CCN(CC)S(=O)(=O)c1ccc(C)c(C(=O)Nc2ccc(CCN(C)C)cc2)c1. The lowest BCUT2D eigenvalue weighted by Crippen LogP contribution is -2.30. The van der Waals surface area contributed by atoms with Gasteiger partial charge in [-0.2, -0.15) is 4.31 Å². The van der Waals surface area contributed by atoms with E-state index in [1.54, 1.807) is 32.9 Å². The molecule has 2 rings (SSSR count). The fourth-order valence-corrected chi connectivity index (χ4v) is 4.51. The number of hydrogen-bond donors (Lipinski definition) is 1. The van der Waals surface area contributed by atoms with E-state index in [-0.39, 0.29) is 10.8 Å². The minimum absolute atomic E-state index is 0.135. The van der Waals surface area contributed by atoms with Gasteiger partial charge in [-0.1, -0.05) is 32.0 Å². The first kappa shape index (κ1) is 23.1. The third kappa shape index (κ3) is 5.88. The molecule has 7 heteroatoms. The van der Waals surface area contributed by atoms with E-state index in [1.807, 2.05) is 38.4 Å². The lowest BCUT2D eigenvalue weighted by atomic mass is 10.1. The van der Waals surface area contributed by atoms with Crippen LogP contribution in [0.4, 0.5) is 5.69 Å². The van der Waals surface area contributed by atoms with Crippen LogP contribution in [-0.4, -0.2) is 57.3 Å². The molecule has 0 atom stereocenters. The second kappa shape index (κ2) is 10.0. The molecule has 0 saturated heterocycles. The Morgan fingerprint density at radius 3 is 2.17 bits per heavy atom. The minimum Gasteiger partial charge on any atom is -0.322 e. The Morgan fingerprint density at radius 1 is 1.00 bits per heavy atom. The van der Waals surface area contributed by atoms with Crippen molar-refractivity contribution in [2.45, 2.75) is 32.1 Å². The standard InChI is InChI=1S/C22H31N3O3S/c1-6-25(7-2)29(27,28)20-13-8-17(3)21(16-20)22(26)23-19-11-9-18(10-12-19)14-15-24(4)5/h8-13,16H,6-7,14-15H2,1-5H3,(H,23,26). The number of nitrogens with zero attached hydrogens (tertiary/aromatic N) is 2. The minimum atomic E-state index is -3.62. The molecule has 0 heterocycles. The number of aryl methyl sites for hydroxylation is 1. The maximum atomic E-state index is 12.8. The van der Waals surface area contributed by atoms with E-state index in [2.05, 4.69) is 10.2 Å². The van der Waals surface area contributed by atoms with E-state index in [0.29, 0.717) is 24.3 Å². The first-order chi connectivity index (χ1) is 13.7. The average Bonchev–Trinajstić information content (AvgIpc) is 2.68. The van der Waals surface area contributed by atoms with Gasteiger partial charge in [0, 0.05) is 30.9 Å². The van der Waals surface area contributed by atoms with E-state index >= 15 is 0 Å². The third-order valence-corrected chi connectivity index (χ3v) is 6.90. The van der Waals surface area contributed by atoms with Crippen LogP contribution in [0.3, 0.4) is 0 Å². The first-order valence-electron chi connectivity index (χ1n) is 9.84.